The predicted molar refractivity (Wildman–Crippen MR) is 167 cm³/mol. The lowest BCUT2D eigenvalue weighted by atomic mass is 10.1. The molecule has 0 saturated carbocycles. The van der Waals surface area contributed by atoms with Crippen molar-refractivity contribution in [2.24, 2.45) is 0 Å². The number of fused-ring (bicyclic) bond motifs is 1. The average molecular weight is 574 g/mol. The second-order valence-electron chi connectivity index (χ2n) is 11.4. The van der Waals surface area contributed by atoms with Gasteiger partial charge in [-0.1, -0.05) is 55.3 Å². The van der Waals surface area contributed by atoms with Crippen LogP contribution >= 0.6 is 0 Å². The predicted octanol–water partition coefficient (Wildman–Crippen LogP) is 6.51. The van der Waals surface area contributed by atoms with Gasteiger partial charge in [0.15, 0.2) is 0 Å². The van der Waals surface area contributed by atoms with Crippen molar-refractivity contribution >= 4 is 5.69 Å². The first-order valence-corrected chi connectivity index (χ1v) is 15.9. The second-order valence-corrected chi connectivity index (χ2v) is 11.4. The van der Waals surface area contributed by atoms with E-state index < -0.39 is 12.4 Å². The quantitative estimate of drug-likeness (QED) is 0.189. The van der Waals surface area contributed by atoms with Gasteiger partial charge in [0.25, 0.3) is 0 Å². The van der Waals surface area contributed by atoms with Crippen LogP contribution in [0, 0.1) is 0 Å². The Morgan fingerprint density at radius 1 is 0.881 bits per heavy atom. The number of rotatable bonds is 16. The number of aliphatic hydroxyl groups is 1. The monoisotopic (exact) mass is 573 g/mol. The Bertz CT molecular complexity index is 1180. The number of pyridine rings is 1. The summed E-state index contributed by atoms with van der Waals surface area (Å²) in [4.78, 5) is 7.10. The van der Waals surface area contributed by atoms with Crippen LogP contribution < -0.4 is 15.0 Å². The zero-order valence-corrected chi connectivity index (χ0v) is 24.9. The normalized spacial score (nSPS) is 17.5. The van der Waals surface area contributed by atoms with E-state index in [9.17, 15) is 5.11 Å². The number of piperidine rings is 1. The maximum atomic E-state index is 10.6. The maximum Gasteiger partial charge on any atom is 0.227 e. The fourth-order valence-corrected chi connectivity index (χ4v) is 5.64. The number of benzene rings is 2. The van der Waals surface area contributed by atoms with Gasteiger partial charge in [-0.3, -0.25) is 0 Å². The van der Waals surface area contributed by atoms with Crippen molar-refractivity contribution in [2.75, 3.05) is 44.3 Å². The van der Waals surface area contributed by atoms with Crippen molar-refractivity contribution in [3.8, 4) is 5.75 Å². The van der Waals surface area contributed by atoms with E-state index in [0.29, 0.717) is 24.6 Å². The number of aliphatic hydroxyl groups excluding tert-OH is 1. The van der Waals surface area contributed by atoms with Gasteiger partial charge in [0.2, 0.25) is 6.29 Å². The minimum absolute atomic E-state index is 0.360. The third-order valence-electron chi connectivity index (χ3n) is 8.11. The third kappa shape index (κ3) is 9.27. The molecule has 5 rings (SSSR count). The molecule has 1 aromatic heterocycles. The highest BCUT2D eigenvalue weighted by molar-refractivity contribution is 5.47. The van der Waals surface area contributed by atoms with E-state index in [1.54, 1.807) is 0 Å². The lowest BCUT2D eigenvalue weighted by Crippen LogP contribution is -2.29. The Balaban J connectivity index is 0.865. The first kappa shape index (κ1) is 30.5. The van der Waals surface area contributed by atoms with Gasteiger partial charge in [-0.2, -0.15) is 0 Å². The molecule has 2 atom stereocenters. The summed E-state index contributed by atoms with van der Waals surface area (Å²) in [6.45, 7) is 5.78. The molecule has 2 unspecified atom stereocenters. The van der Waals surface area contributed by atoms with E-state index in [0.717, 1.165) is 63.1 Å². The van der Waals surface area contributed by atoms with Crippen molar-refractivity contribution in [2.45, 2.75) is 76.8 Å². The van der Waals surface area contributed by atoms with E-state index in [1.165, 1.54) is 50.0 Å². The molecule has 0 bridgehead atoms. The zero-order valence-electron chi connectivity index (χ0n) is 24.9. The van der Waals surface area contributed by atoms with Crippen molar-refractivity contribution in [3.05, 3.63) is 89.2 Å². The number of hydrogen-bond donors (Lipinski definition) is 2. The van der Waals surface area contributed by atoms with Crippen molar-refractivity contribution in [3.63, 3.8) is 0 Å². The Morgan fingerprint density at radius 3 is 2.50 bits per heavy atom. The molecule has 226 valence electrons. The lowest BCUT2D eigenvalue weighted by molar-refractivity contribution is -0.113. The Morgan fingerprint density at radius 2 is 1.67 bits per heavy atom. The molecule has 0 amide bonds. The van der Waals surface area contributed by atoms with Crippen LogP contribution in [0.25, 0.3) is 0 Å². The molecule has 7 nitrogen and oxygen atoms in total. The van der Waals surface area contributed by atoms with Gasteiger partial charge in [0, 0.05) is 44.1 Å². The molecule has 0 spiro atoms. The number of unbranched alkanes of at least 4 members (excludes halogenated alkanes) is 3. The van der Waals surface area contributed by atoms with Crippen LogP contribution in [0.3, 0.4) is 0 Å². The number of aryl methyl sites for hydroxylation is 1. The fraction of sp³-hybridized carbons (Fsp3) is 0.514. The molecule has 42 heavy (non-hydrogen) atoms. The summed E-state index contributed by atoms with van der Waals surface area (Å²) in [7, 11) is 0. The van der Waals surface area contributed by atoms with E-state index in [2.05, 4.69) is 39.5 Å². The SMILES string of the molecule is OC(CNCCCCCCOCCCc1ccc(N2CCCCC2)cc1)c1ccc2c(n1)COC(c1ccccc1)O2. The van der Waals surface area contributed by atoms with E-state index >= 15 is 0 Å². The van der Waals surface area contributed by atoms with Crippen LogP contribution in [0.15, 0.2) is 66.7 Å². The van der Waals surface area contributed by atoms with E-state index in [1.807, 2.05) is 42.5 Å². The molecule has 2 aromatic carbocycles. The summed E-state index contributed by atoms with van der Waals surface area (Å²) >= 11 is 0. The van der Waals surface area contributed by atoms with Crippen LogP contribution in [0.2, 0.25) is 0 Å². The van der Waals surface area contributed by atoms with Crippen molar-refractivity contribution in [1.82, 2.24) is 10.3 Å². The number of hydrogen-bond acceptors (Lipinski definition) is 7. The van der Waals surface area contributed by atoms with Crippen LogP contribution in [0.5, 0.6) is 5.75 Å². The van der Waals surface area contributed by atoms with Gasteiger partial charge in [0.1, 0.15) is 17.5 Å². The zero-order chi connectivity index (χ0) is 28.8. The highest BCUT2D eigenvalue weighted by Gasteiger charge is 2.24. The number of anilines is 1. The average Bonchev–Trinajstić information content (AvgIpc) is 3.05. The third-order valence-corrected chi connectivity index (χ3v) is 8.11. The Hall–Kier alpha value is -2.97. The van der Waals surface area contributed by atoms with Gasteiger partial charge < -0.3 is 29.5 Å². The molecule has 1 saturated heterocycles. The minimum Gasteiger partial charge on any atom is -0.459 e. The Kier molecular flexibility index (Phi) is 12.1. The smallest absolute Gasteiger partial charge is 0.227 e. The molecule has 2 aliphatic heterocycles. The van der Waals surface area contributed by atoms with Gasteiger partial charge in [-0.25, -0.2) is 4.98 Å². The number of nitrogens with zero attached hydrogens (tertiary/aromatic N) is 2. The van der Waals surface area contributed by atoms with Gasteiger partial charge in [-0.15, -0.1) is 0 Å². The molecule has 2 aliphatic rings. The van der Waals surface area contributed by atoms with E-state index in [-0.39, 0.29) is 0 Å². The first-order chi connectivity index (χ1) is 20.8. The topological polar surface area (TPSA) is 76.1 Å². The molecule has 1 fully saturated rings. The molecular formula is C35H47N3O4. The molecule has 0 radical (unpaired) electrons. The molecule has 3 aromatic rings. The molecule has 7 heteroatoms. The summed E-state index contributed by atoms with van der Waals surface area (Å²) in [5.74, 6) is 0.709. The number of aromatic nitrogens is 1. The van der Waals surface area contributed by atoms with Crippen LogP contribution in [-0.4, -0.2) is 49.5 Å². The Labute approximate surface area is 251 Å². The summed E-state index contributed by atoms with van der Waals surface area (Å²) in [6.07, 6.45) is 9.57. The highest BCUT2D eigenvalue weighted by Crippen LogP contribution is 2.32. The van der Waals surface area contributed by atoms with Crippen LogP contribution in [-0.2, 0) is 22.5 Å². The summed E-state index contributed by atoms with van der Waals surface area (Å²) in [5.41, 5.74) is 5.11. The van der Waals surface area contributed by atoms with Crippen LogP contribution in [0.4, 0.5) is 5.69 Å². The summed E-state index contributed by atoms with van der Waals surface area (Å²) in [6, 6.07) is 22.7. The van der Waals surface area contributed by atoms with Crippen molar-refractivity contribution < 1.29 is 19.3 Å². The highest BCUT2D eigenvalue weighted by atomic mass is 16.7. The van der Waals surface area contributed by atoms with Gasteiger partial charge in [0.05, 0.1) is 12.3 Å². The largest absolute Gasteiger partial charge is 0.459 e. The number of ether oxygens (including phenoxy) is 3. The van der Waals surface area contributed by atoms with Gasteiger partial charge in [-0.05, 0) is 81.3 Å². The maximum absolute atomic E-state index is 10.6. The van der Waals surface area contributed by atoms with Crippen LogP contribution in [0.1, 0.15) is 86.3 Å². The van der Waals surface area contributed by atoms with Crippen molar-refractivity contribution in [1.29, 1.82) is 0 Å². The second kappa shape index (κ2) is 16.6. The minimum atomic E-state index is -0.664. The van der Waals surface area contributed by atoms with E-state index in [4.69, 9.17) is 14.2 Å². The fourth-order valence-electron chi connectivity index (χ4n) is 5.64. The number of nitrogens with one attached hydrogen (secondary N) is 1. The molecule has 0 aliphatic carbocycles. The summed E-state index contributed by atoms with van der Waals surface area (Å²) in [5, 5.41) is 14.0. The molecule has 2 N–H and O–H groups in total. The lowest BCUT2D eigenvalue weighted by Gasteiger charge is -2.28. The molecular weight excluding hydrogens is 526 g/mol. The first-order valence-electron chi connectivity index (χ1n) is 15.9. The van der Waals surface area contributed by atoms with Gasteiger partial charge >= 0.3 is 0 Å². The molecule has 3 heterocycles. The summed E-state index contributed by atoms with van der Waals surface area (Å²) < 4.78 is 17.7. The standard InChI is InChI=1S/C35H47N3O4/c39-33(31-19-20-34-32(37-31)27-41-35(42-34)29-13-5-3-6-14-29)26-36-21-7-1-2-10-24-40-25-11-12-28-15-17-30(18-16-28)38-22-8-4-9-23-38/h3,5-6,13-20,33,35-36,39H,1-2,4,7-12,21-27H2.